The number of nitrogens with one attached hydrogen (secondary N) is 1. The van der Waals surface area contributed by atoms with Gasteiger partial charge in [0.25, 0.3) is 0 Å². The van der Waals surface area contributed by atoms with Gasteiger partial charge in [0, 0.05) is 32.4 Å². The zero-order chi connectivity index (χ0) is 14.1. The molecule has 0 unspecified atom stereocenters. The van der Waals surface area contributed by atoms with Crippen molar-refractivity contribution in [2.45, 2.75) is 37.8 Å². The van der Waals surface area contributed by atoms with Crippen LogP contribution in [0, 0.1) is 11.8 Å². The lowest BCUT2D eigenvalue weighted by Crippen LogP contribution is -2.58. The first-order valence-corrected chi connectivity index (χ1v) is 8.40. The van der Waals surface area contributed by atoms with Gasteiger partial charge < -0.3 is 15.0 Å². The number of piperidine rings is 1. The van der Waals surface area contributed by atoms with E-state index in [4.69, 9.17) is 4.74 Å². The highest BCUT2D eigenvalue weighted by Crippen LogP contribution is 2.34. The molecular weight excluding hydrogens is 262 g/mol. The molecule has 3 fully saturated rings. The third-order valence-corrected chi connectivity index (χ3v) is 5.05. The summed E-state index contributed by atoms with van der Waals surface area (Å²) in [6.07, 6.45) is 7.60. The molecule has 0 spiro atoms. The molecule has 3 atom stereocenters. The number of nitrogens with zero attached hydrogens (tertiary/aromatic N) is 2. The third kappa shape index (κ3) is 3.22. The highest BCUT2D eigenvalue weighted by Gasteiger charge is 2.40. The van der Waals surface area contributed by atoms with Gasteiger partial charge in [-0.05, 0) is 49.7 Å². The fraction of sp³-hybridized carbons (Fsp3) is 0.706. The van der Waals surface area contributed by atoms with E-state index in [1.807, 2.05) is 18.3 Å². The van der Waals surface area contributed by atoms with E-state index in [0.717, 1.165) is 24.9 Å². The molecule has 21 heavy (non-hydrogen) atoms. The van der Waals surface area contributed by atoms with Gasteiger partial charge in [0.1, 0.15) is 5.82 Å². The van der Waals surface area contributed by atoms with E-state index in [1.54, 1.807) is 0 Å². The van der Waals surface area contributed by atoms with E-state index in [9.17, 15) is 0 Å². The Kier molecular flexibility index (Phi) is 3.82. The minimum absolute atomic E-state index is 0.358. The lowest BCUT2D eigenvalue weighted by molar-refractivity contribution is -0.0738. The smallest absolute Gasteiger partial charge is 0.126 e. The second-order valence-electron chi connectivity index (χ2n) is 6.87. The fourth-order valence-corrected chi connectivity index (χ4v) is 3.87. The van der Waals surface area contributed by atoms with Crippen LogP contribution < -0.4 is 5.32 Å². The maximum Gasteiger partial charge on any atom is 0.126 e. The van der Waals surface area contributed by atoms with Crippen molar-refractivity contribution in [1.29, 1.82) is 0 Å². The lowest BCUT2D eigenvalue weighted by atomic mass is 9.85. The number of likely N-dealkylation sites (tertiary alicyclic amines) is 1. The van der Waals surface area contributed by atoms with Gasteiger partial charge in [0.2, 0.25) is 0 Å². The van der Waals surface area contributed by atoms with E-state index in [2.05, 4.69) is 21.3 Å². The highest BCUT2D eigenvalue weighted by atomic mass is 16.5. The average Bonchev–Trinajstić information content (AvgIpc) is 3.32. The molecule has 1 aliphatic carbocycles. The van der Waals surface area contributed by atoms with E-state index in [0.29, 0.717) is 18.1 Å². The lowest BCUT2D eigenvalue weighted by Gasteiger charge is -2.46. The number of anilines is 1. The second-order valence-corrected chi connectivity index (χ2v) is 6.87. The molecule has 1 N–H and O–H groups in total. The number of rotatable bonds is 4. The van der Waals surface area contributed by atoms with Crippen LogP contribution in [0.2, 0.25) is 0 Å². The number of hydrogen-bond donors (Lipinski definition) is 1. The number of fused-ring (bicyclic) bond motifs is 1. The molecule has 0 amide bonds. The molecule has 3 aliphatic rings. The Morgan fingerprint density at radius 3 is 3.00 bits per heavy atom. The summed E-state index contributed by atoms with van der Waals surface area (Å²) in [6.45, 7) is 4.52. The van der Waals surface area contributed by atoms with Crippen LogP contribution in [0.4, 0.5) is 5.82 Å². The normalized spacial score (nSPS) is 33.4. The van der Waals surface area contributed by atoms with E-state index in [-0.39, 0.29) is 0 Å². The molecule has 3 heterocycles. The molecule has 2 saturated heterocycles. The van der Waals surface area contributed by atoms with Crippen molar-refractivity contribution >= 4 is 5.82 Å². The summed E-state index contributed by atoms with van der Waals surface area (Å²) in [6, 6.07) is 6.43. The van der Waals surface area contributed by atoms with Gasteiger partial charge in [-0.15, -0.1) is 0 Å². The van der Waals surface area contributed by atoms with Crippen molar-refractivity contribution in [3.05, 3.63) is 24.4 Å². The largest absolute Gasteiger partial charge is 0.376 e. The Labute approximate surface area is 126 Å². The van der Waals surface area contributed by atoms with Crippen LogP contribution in [0.15, 0.2) is 24.4 Å². The fourth-order valence-electron chi connectivity index (χ4n) is 3.87. The summed E-state index contributed by atoms with van der Waals surface area (Å²) in [4.78, 5) is 7.08. The quantitative estimate of drug-likeness (QED) is 0.922. The van der Waals surface area contributed by atoms with Crippen LogP contribution in [0.5, 0.6) is 0 Å². The van der Waals surface area contributed by atoms with E-state index in [1.165, 1.54) is 38.8 Å². The van der Waals surface area contributed by atoms with Crippen molar-refractivity contribution in [2.75, 3.05) is 31.6 Å². The summed E-state index contributed by atoms with van der Waals surface area (Å²) in [5.74, 6) is 2.62. The molecular formula is C17H25N3O. The van der Waals surface area contributed by atoms with Crippen LogP contribution in [0.25, 0.3) is 0 Å². The number of hydrogen-bond acceptors (Lipinski definition) is 4. The molecule has 1 aromatic heterocycles. The van der Waals surface area contributed by atoms with Crippen LogP contribution in [-0.2, 0) is 4.74 Å². The first-order chi connectivity index (χ1) is 10.4. The van der Waals surface area contributed by atoms with Crippen molar-refractivity contribution in [3.63, 3.8) is 0 Å². The Morgan fingerprint density at radius 2 is 2.19 bits per heavy atom. The van der Waals surface area contributed by atoms with Crippen molar-refractivity contribution in [3.8, 4) is 0 Å². The molecule has 4 heteroatoms. The van der Waals surface area contributed by atoms with Gasteiger partial charge in [-0.25, -0.2) is 4.98 Å². The molecule has 0 radical (unpaired) electrons. The zero-order valence-corrected chi connectivity index (χ0v) is 12.6. The van der Waals surface area contributed by atoms with Crippen LogP contribution in [0.3, 0.4) is 0 Å². The predicted molar refractivity (Wildman–Crippen MR) is 83.3 cm³/mol. The third-order valence-electron chi connectivity index (χ3n) is 5.05. The number of pyridine rings is 1. The Bertz CT molecular complexity index is 462. The minimum atomic E-state index is 0.358. The maximum absolute atomic E-state index is 6.12. The Morgan fingerprint density at radius 1 is 1.24 bits per heavy atom. The van der Waals surface area contributed by atoms with Crippen LogP contribution in [0.1, 0.15) is 25.7 Å². The number of ether oxygens (including phenoxy) is 1. The Hall–Kier alpha value is -1.13. The summed E-state index contributed by atoms with van der Waals surface area (Å²) >= 11 is 0. The number of aromatic nitrogens is 1. The van der Waals surface area contributed by atoms with Crippen molar-refractivity contribution < 1.29 is 4.74 Å². The summed E-state index contributed by atoms with van der Waals surface area (Å²) < 4.78 is 6.12. The van der Waals surface area contributed by atoms with Gasteiger partial charge in [-0.3, -0.25) is 0 Å². The van der Waals surface area contributed by atoms with Gasteiger partial charge in [0.15, 0.2) is 0 Å². The topological polar surface area (TPSA) is 37.4 Å². The SMILES string of the molecule is c1ccc(N[C@@H]2CN(CC3CC3)C[C@@H]3CCCO[C@@H]32)nc1. The first kappa shape index (κ1) is 13.5. The van der Waals surface area contributed by atoms with E-state index >= 15 is 0 Å². The first-order valence-electron chi connectivity index (χ1n) is 8.40. The Balaban J connectivity index is 1.47. The van der Waals surface area contributed by atoms with Crippen molar-refractivity contribution in [2.24, 2.45) is 11.8 Å². The zero-order valence-electron chi connectivity index (χ0n) is 12.6. The molecule has 114 valence electrons. The molecule has 0 bridgehead atoms. The predicted octanol–water partition coefficient (Wildman–Crippen LogP) is 2.38. The van der Waals surface area contributed by atoms with Crippen molar-refractivity contribution in [1.82, 2.24) is 9.88 Å². The van der Waals surface area contributed by atoms with Gasteiger partial charge in [-0.2, -0.15) is 0 Å². The summed E-state index contributed by atoms with van der Waals surface area (Å²) in [7, 11) is 0. The molecule has 2 aliphatic heterocycles. The summed E-state index contributed by atoms with van der Waals surface area (Å²) in [5, 5.41) is 3.63. The molecule has 4 nitrogen and oxygen atoms in total. The highest BCUT2D eigenvalue weighted by molar-refractivity contribution is 5.35. The molecule has 1 aromatic rings. The monoisotopic (exact) mass is 287 g/mol. The van der Waals surface area contributed by atoms with Gasteiger partial charge in [-0.1, -0.05) is 6.07 Å². The summed E-state index contributed by atoms with van der Waals surface area (Å²) in [5.41, 5.74) is 0. The maximum atomic E-state index is 6.12. The standard InChI is InChI=1S/C17H25N3O/c1-2-8-18-16(5-1)19-15-12-20(10-13-6-7-13)11-14-4-3-9-21-17(14)15/h1-2,5,8,13-15,17H,3-4,6-7,9-12H2,(H,18,19)/t14-,15+,17-/m0/s1. The average molecular weight is 287 g/mol. The molecule has 1 saturated carbocycles. The second kappa shape index (κ2) is 5.93. The van der Waals surface area contributed by atoms with Gasteiger partial charge >= 0.3 is 0 Å². The molecule has 4 rings (SSSR count). The van der Waals surface area contributed by atoms with Gasteiger partial charge in [0.05, 0.1) is 12.1 Å². The van der Waals surface area contributed by atoms with Crippen LogP contribution in [-0.4, -0.2) is 48.3 Å². The van der Waals surface area contributed by atoms with Crippen LogP contribution >= 0.6 is 0 Å². The minimum Gasteiger partial charge on any atom is -0.376 e. The molecule has 0 aromatic carbocycles. The van der Waals surface area contributed by atoms with E-state index < -0.39 is 0 Å².